The van der Waals surface area contributed by atoms with E-state index < -0.39 is 6.36 Å². The van der Waals surface area contributed by atoms with Crippen molar-refractivity contribution in [2.75, 3.05) is 23.3 Å². The van der Waals surface area contributed by atoms with Crippen molar-refractivity contribution in [1.29, 1.82) is 0 Å². The minimum absolute atomic E-state index is 0.0155. The molecule has 2 amide bonds. The van der Waals surface area contributed by atoms with Crippen LogP contribution in [-0.4, -0.2) is 37.3 Å². The maximum Gasteiger partial charge on any atom is 0.573 e. The smallest absolute Gasteiger partial charge is 0.406 e. The molecule has 1 aliphatic rings. The summed E-state index contributed by atoms with van der Waals surface area (Å²) in [7, 11) is 0. The number of nitrogens with zero attached hydrogens (tertiary/aromatic N) is 1. The lowest BCUT2D eigenvalue weighted by Crippen LogP contribution is -2.38. The van der Waals surface area contributed by atoms with Gasteiger partial charge in [0.2, 0.25) is 5.91 Å². The number of rotatable bonds is 6. The molecule has 0 atom stereocenters. The van der Waals surface area contributed by atoms with Crippen LogP contribution in [0.3, 0.4) is 0 Å². The van der Waals surface area contributed by atoms with E-state index in [9.17, 15) is 22.8 Å². The van der Waals surface area contributed by atoms with Crippen molar-refractivity contribution >= 4 is 23.2 Å². The molecule has 6 nitrogen and oxygen atoms in total. The van der Waals surface area contributed by atoms with Crippen LogP contribution < -0.4 is 20.3 Å². The maximum absolute atomic E-state index is 12.5. The predicted molar refractivity (Wildman–Crippen MR) is 111 cm³/mol. The van der Waals surface area contributed by atoms with Crippen LogP contribution in [0.15, 0.2) is 42.5 Å². The fourth-order valence-electron chi connectivity index (χ4n) is 3.53. The summed E-state index contributed by atoms with van der Waals surface area (Å²) in [5, 5.41) is 5.58. The Morgan fingerprint density at radius 1 is 1.13 bits per heavy atom. The van der Waals surface area contributed by atoms with Crippen LogP contribution in [0.25, 0.3) is 0 Å². The molecule has 1 heterocycles. The first-order valence-corrected chi connectivity index (χ1v) is 9.96. The van der Waals surface area contributed by atoms with Crippen molar-refractivity contribution < 1.29 is 27.5 Å². The number of hydrogen-bond donors (Lipinski definition) is 2. The zero-order valence-electron chi connectivity index (χ0n) is 17.3. The Morgan fingerprint density at radius 2 is 1.84 bits per heavy atom. The van der Waals surface area contributed by atoms with Gasteiger partial charge in [-0.25, -0.2) is 0 Å². The minimum atomic E-state index is -4.77. The number of hydrogen-bond acceptors (Lipinski definition) is 4. The van der Waals surface area contributed by atoms with E-state index in [0.29, 0.717) is 17.8 Å². The highest BCUT2D eigenvalue weighted by atomic mass is 19.4. The molecule has 9 heteroatoms. The van der Waals surface area contributed by atoms with Crippen molar-refractivity contribution in [3.63, 3.8) is 0 Å². The van der Waals surface area contributed by atoms with Gasteiger partial charge in [0.15, 0.2) is 0 Å². The number of benzene rings is 2. The van der Waals surface area contributed by atoms with Crippen molar-refractivity contribution in [2.24, 2.45) is 0 Å². The van der Waals surface area contributed by atoms with Crippen LogP contribution in [0.4, 0.5) is 24.5 Å². The molecule has 166 valence electrons. The summed E-state index contributed by atoms with van der Waals surface area (Å²) in [6, 6.07) is 10.4. The van der Waals surface area contributed by atoms with Crippen molar-refractivity contribution in [1.82, 2.24) is 5.32 Å². The number of alkyl halides is 3. The second-order valence-electron chi connectivity index (χ2n) is 7.58. The Bertz CT molecular complexity index is 943. The third-order valence-corrected chi connectivity index (χ3v) is 4.72. The number of amides is 2. The molecule has 0 aromatic heterocycles. The van der Waals surface area contributed by atoms with Gasteiger partial charge in [-0.3, -0.25) is 9.59 Å². The van der Waals surface area contributed by atoms with E-state index in [2.05, 4.69) is 15.4 Å². The van der Waals surface area contributed by atoms with Gasteiger partial charge >= 0.3 is 6.36 Å². The third-order valence-electron chi connectivity index (χ3n) is 4.72. The number of carbonyl (C=O) groups is 2. The van der Waals surface area contributed by atoms with Crippen molar-refractivity contribution in [3.05, 3.63) is 53.6 Å². The molecular weight excluding hydrogens is 411 g/mol. The Hall–Kier alpha value is -3.23. The number of anilines is 2. The molecule has 0 fully saturated rings. The van der Waals surface area contributed by atoms with Gasteiger partial charge in [-0.15, -0.1) is 13.2 Å². The first kappa shape index (κ1) is 22.5. The number of ether oxygens (including phenoxy) is 1. The molecule has 0 aliphatic carbocycles. The molecule has 3 rings (SSSR count). The molecule has 2 aromatic carbocycles. The molecule has 0 unspecified atom stereocenters. The number of nitrogens with one attached hydrogen (secondary N) is 2. The van der Waals surface area contributed by atoms with E-state index >= 15 is 0 Å². The monoisotopic (exact) mass is 435 g/mol. The highest BCUT2D eigenvalue weighted by molar-refractivity contribution is 5.98. The zero-order chi connectivity index (χ0) is 22.6. The first-order chi connectivity index (χ1) is 14.6. The standard InChI is InChI=1S/C22H24F3N3O3/c1-14(2)26-21(30)18-5-3-7-19-17(18)6-4-12-28(19)13-20(29)27-15-8-10-16(11-9-15)31-22(23,24)25/h3,5,7-11,14H,4,6,12-13H2,1-2H3,(H,26,30)(H,27,29). The Balaban J connectivity index is 1.68. The molecule has 0 saturated carbocycles. The fourth-order valence-corrected chi connectivity index (χ4v) is 3.53. The first-order valence-electron chi connectivity index (χ1n) is 9.96. The van der Waals surface area contributed by atoms with E-state index in [4.69, 9.17) is 0 Å². The third kappa shape index (κ3) is 6.13. The van der Waals surface area contributed by atoms with E-state index in [-0.39, 0.29) is 30.2 Å². The predicted octanol–water partition coefficient (Wildman–Crippen LogP) is 4.11. The Kier molecular flexibility index (Phi) is 6.72. The molecule has 0 bridgehead atoms. The molecular formula is C22H24F3N3O3. The van der Waals surface area contributed by atoms with Gasteiger partial charge in [0, 0.05) is 29.5 Å². The van der Waals surface area contributed by atoms with Gasteiger partial charge < -0.3 is 20.3 Å². The summed E-state index contributed by atoms with van der Waals surface area (Å²) in [4.78, 5) is 27.0. The second kappa shape index (κ2) is 9.28. The molecule has 1 aliphatic heterocycles. The second-order valence-corrected chi connectivity index (χ2v) is 7.58. The van der Waals surface area contributed by atoms with Gasteiger partial charge in [0.1, 0.15) is 5.75 Å². The van der Waals surface area contributed by atoms with E-state index in [0.717, 1.165) is 36.2 Å². The van der Waals surface area contributed by atoms with Gasteiger partial charge in [-0.2, -0.15) is 0 Å². The summed E-state index contributed by atoms with van der Waals surface area (Å²) in [6.07, 6.45) is -3.22. The van der Waals surface area contributed by atoms with Crippen molar-refractivity contribution in [2.45, 2.75) is 39.1 Å². The lowest BCUT2D eigenvalue weighted by molar-refractivity contribution is -0.274. The molecule has 2 N–H and O–H groups in total. The number of carbonyl (C=O) groups excluding carboxylic acids is 2. The molecule has 0 spiro atoms. The lowest BCUT2D eigenvalue weighted by Gasteiger charge is -2.32. The summed E-state index contributed by atoms with van der Waals surface area (Å²) in [6.45, 7) is 4.51. The Labute approximate surface area is 178 Å². The maximum atomic E-state index is 12.5. The summed E-state index contributed by atoms with van der Waals surface area (Å²) in [5.74, 6) is -0.809. The average Bonchev–Trinajstić information content (AvgIpc) is 2.67. The lowest BCUT2D eigenvalue weighted by atomic mass is 9.95. The normalized spacial score (nSPS) is 13.5. The highest BCUT2D eigenvalue weighted by Gasteiger charge is 2.31. The van der Waals surface area contributed by atoms with Crippen molar-refractivity contribution in [3.8, 4) is 5.75 Å². The van der Waals surface area contributed by atoms with Gasteiger partial charge in [-0.1, -0.05) is 6.07 Å². The quantitative estimate of drug-likeness (QED) is 0.716. The van der Waals surface area contributed by atoms with Crippen LogP contribution >= 0.6 is 0 Å². The minimum Gasteiger partial charge on any atom is -0.406 e. The molecule has 0 radical (unpaired) electrons. The SMILES string of the molecule is CC(C)NC(=O)c1cccc2c1CCCN2CC(=O)Nc1ccc(OC(F)(F)F)cc1. The topological polar surface area (TPSA) is 70.7 Å². The van der Waals surface area contributed by atoms with Gasteiger partial charge in [0.25, 0.3) is 5.91 Å². The van der Waals surface area contributed by atoms with Crippen LogP contribution in [0.1, 0.15) is 36.2 Å². The number of halogens is 3. The number of fused-ring (bicyclic) bond motifs is 1. The average molecular weight is 435 g/mol. The Morgan fingerprint density at radius 3 is 2.48 bits per heavy atom. The van der Waals surface area contributed by atoms with Crippen LogP contribution in [-0.2, 0) is 11.2 Å². The zero-order valence-corrected chi connectivity index (χ0v) is 17.3. The highest BCUT2D eigenvalue weighted by Crippen LogP contribution is 2.30. The summed E-state index contributed by atoms with van der Waals surface area (Å²) in [5.41, 5.74) is 2.72. The van der Waals surface area contributed by atoms with E-state index in [1.54, 1.807) is 12.1 Å². The van der Waals surface area contributed by atoms with Crippen LogP contribution in [0, 0.1) is 0 Å². The molecule has 2 aromatic rings. The van der Waals surface area contributed by atoms with Gasteiger partial charge in [0.05, 0.1) is 6.54 Å². The molecule has 31 heavy (non-hydrogen) atoms. The van der Waals surface area contributed by atoms with Gasteiger partial charge in [-0.05, 0) is 68.7 Å². The molecule has 0 saturated heterocycles. The van der Waals surface area contributed by atoms with Crippen LogP contribution in [0.5, 0.6) is 5.75 Å². The van der Waals surface area contributed by atoms with Crippen LogP contribution in [0.2, 0.25) is 0 Å². The van der Waals surface area contributed by atoms with E-state index in [1.807, 2.05) is 24.8 Å². The van der Waals surface area contributed by atoms with E-state index in [1.165, 1.54) is 12.1 Å². The summed E-state index contributed by atoms with van der Waals surface area (Å²) < 4.78 is 40.6. The fraction of sp³-hybridized carbons (Fsp3) is 0.364. The largest absolute Gasteiger partial charge is 0.573 e. The summed E-state index contributed by atoms with van der Waals surface area (Å²) >= 11 is 0.